The second kappa shape index (κ2) is 8.14. The van der Waals surface area contributed by atoms with Gasteiger partial charge in [-0.2, -0.15) is 0 Å². The Bertz CT molecular complexity index is 572. The first-order valence-electron chi connectivity index (χ1n) is 8.21. The SMILES string of the molecule is C=CC[C@H](c1ccccn1)N(C(=O)OC(C)(C)C)C(=O)OC(C)(C)C. The fraction of sp³-hybridized carbons (Fsp3) is 0.526. The average Bonchev–Trinajstić information content (AvgIpc) is 2.43. The minimum Gasteiger partial charge on any atom is -0.443 e. The van der Waals surface area contributed by atoms with E-state index in [9.17, 15) is 9.59 Å². The quantitative estimate of drug-likeness (QED) is 0.726. The van der Waals surface area contributed by atoms with E-state index in [0.717, 1.165) is 4.90 Å². The Balaban J connectivity index is 3.28. The lowest BCUT2D eigenvalue weighted by molar-refractivity contribution is -0.00781. The van der Waals surface area contributed by atoms with Crippen molar-refractivity contribution in [2.24, 2.45) is 0 Å². The van der Waals surface area contributed by atoms with Crippen molar-refractivity contribution < 1.29 is 19.1 Å². The molecule has 1 atom stereocenters. The fourth-order valence-electron chi connectivity index (χ4n) is 2.04. The molecule has 25 heavy (non-hydrogen) atoms. The lowest BCUT2D eigenvalue weighted by Gasteiger charge is -2.32. The Morgan fingerprint density at radius 2 is 1.64 bits per heavy atom. The molecule has 1 aromatic heterocycles. The molecule has 0 radical (unpaired) electrons. The molecule has 0 aliphatic rings. The van der Waals surface area contributed by atoms with Crippen LogP contribution in [-0.4, -0.2) is 33.3 Å². The van der Waals surface area contributed by atoms with E-state index in [1.165, 1.54) is 0 Å². The zero-order chi connectivity index (χ0) is 19.3. The summed E-state index contributed by atoms with van der Waals surface area (Å²) in [7, 11) is 0. The second-order valence-corrected chi connectivity index (χ2v) is 7.63. The van der Waals surface area contributed by atoms with Gasteiger partial charge < -0.3 is 9.47 Å². The molecule has 1 aromatic rings. The van der Waals surface area contributed by atoms with Crippen LogP contribution in [0.4, 0.5) is 9.59 Å². The predicted octanol–water partition coefficient (Wildman–Crippen LogP) is 4.87. The van der Waals surface area contributed by atoms with Gasteiger partial charge in [0.05, 0.1) is 11.7 Å². The van der Waals surface area contributed by atoms with Crippen LogP contribution >= 0.6 is 0 Å². The van der Waals surface area contributed by atoms with Gasteiger partial charge in [0.15, 0.2) is 0 Å². The van der Waals surface area contributed by atoms with Crippen LogP contribution in [0.25, 0.3) is 0 Å². The number of pyridine rings is 1. The van der Waals surface area contributed by atoms with Gasteiger partial charge in [0, 0.05) is 6.20 Å². The third kappa shape index (κ3) is 6.95. The average molecular weight is 348 g/mol. The highest BCUT2D eigenvalue weighted by molar-refractivity contribution is 5.88. The summed E-state index contributed by atoms with van der Waals surface area (Å²) >= 11 is 0. The summed E-state index contributed by atoms with van der Waals surface area (Å²) in [5.41, 5.74) is -0.945. The van der Waals surface area contributed by atoms with Crippen molar-refractivity contribution in [1.29, 1.82) is 0 Å². The van der Waals surface area contributed by atoms with Gasteiger partial charge in [0.2, 0.25) is 0 Å². The first-order chi connectivity index (χ1) is 11.4. The monoisotopic (exact) mass is 348 g/mol. The van der Waals surface area contributed by atoms with E-state index in [4.69, 9.17) is 9.47 Å². The number of carbonyl (C=O) groups excluding carboxylic acids is 2. The van der Waals surface area contributed by atoms with Gasteiger partial charge in [-0.25, -0.2) is 14.5 Å². The molecule has 0 N–H and O–H groups in total. The molecule has 0 fully saturated rings. The number of carbonyl (C=O) groups is 2. The van der Waals surface area contributed by atoms with Crippen molar-refractivity contribution in [1.82, 2.24) is 9.88 Å². The maximum absolute atomic E-state index is 12.7. The van der Waals surface area contributed by atoms with Crippen LogP contribution < -0.4 is 0 Å². The molecule has 0 unspecified atom stereocenters. The molecule has 0 saturated heterocycles. The van der Waals surface area contributed by atoms with E-state index in [0.29, 0.717) is 12.1 Å². The Hall–Kier alpha value is -2.37. The van der Waals surface area contributed by atoms with Crippen molar-refractivity contribution in [3.63, 3.8) is 0 Å². The number of imide groups is 1. The van der Waals surface area contributed by atoms with Crippen LogP contribution in [0.3, 0.4) is 0 Å². The summed E-state index contributed by atoms with van der Waals surface area (Å²) in [6.45, 7) is 14.1. The van der Waals surface area contributed by atoms with Crippen LogP contribution in [0.2, 0.25) is 0 Å². The molecule has 0 aromatic carbocycles. The van der Waals surface area contributed by atoms with E-state index in [-0.39, 0.29) is 0 Å². The summed E-state index contributed by atoms with van der Waals surface area (Å²) in [6, 6.07) is 4.64. The lowest BCUT2D eigenvalue weighted by atomic mass is 10.1. The number of rotatable bonds is 4. The highest BCUT2D eigenvalue weighted by atomic mass is 16.6. The number of nitrogens with zero attached hydrogens (tertiary/aromatic N) is 2. The molecule has 1 heterocycles. The third-order valence-electron chi connectivity index (χ3n) is 2.91. The smallest absolute Gasteiger partial charge is 0.420 e. The van der Waals surface area contributed by atoms with E-state index < -0.39 is 29.4 Å². The minimum absolute atomic E-state index is 0.329. The topological polar surface area (TPSA) is 68.7 Å². The highest BCUT2D eigenvalue weighted by Crippen LogP contribution is 2.27. The Kier molecular flexibility index (Phi) is 6.73. The van der Waals surface area contributed by atoms with Crippen LogP contribution in [0.1, 0.15) is 59.7 Å². The van der Waals surface area contributed by atoms with Crippen molar-refractivity contribution >= 4 is 12.2 Å². The van der Waals surface area contributed by atoms with Crippen LogP contribution in [0.15, 0.2) is 37.1 Å². The van der Waals surface area contributed by atoms with Crippen LogP contribution in [0, 0.1) is 0 Å². The largest absolute Gasteiger partial charge is 0.443 e. The number of hydrogen-bond acceptors (Lipinski definition) is 5. The van der Waals surface area contributed by atoms with E-state index in [1.54, 1.807) is 72.0 Å². The summed E-state index contributed by atoms with van der Waals surface area (Å²) in [6.07, 6.45) is 2.00. The Labute approximate surface area is 149 Å². The van der Waals surface area contributed by atoms with Gasteiger partial charge in [-0.05, 0) is 60.1 Å². The molecule has 0 saturated carbocycles. The lowest BCUT2D eigenvalue weighted by Crippen LogP contribution is -2.45. The summed E-state index contributed by atoms with van der Waals surface area (Å²) in [5, 5.41) is 0. The highest BCUT2D eigenvalue weighted by Gasteiger charge is 2.37. The molecule has 0 aliphatic heterocycles. The second-order valence-electron chi connectivity index (χ2n) is 7.63. The van der Waals surface area contributed by atoms with Crippen LogP contribution in [-0.2, 0) is 9.47 Å². The molecule has 1 rings (SSSR count). The maximum Gasteiger partial charge on any atom is 0.420 e. The molecular formula is C19H28N2O4. The minimum atomic E-state index is -0.778. The van der Waals surface area contributed by atoms with Gasteiger partial charge in [0.1, 0.15) is 11.2 Å². The number of amides is 2. The number of hydrogen-bond donors (Lipinski definition) is 0. The molecule has 2 amide bonds. The normalized spacial score (nSPS) is 12.9. The predicted molar refractivity (Wildman–Crippen MR) is 96.1 cm³/mol. The molecular weight excluding hydrogens is 320 g/mol. The standard InChI is InChI=1S/C19H28N2O4/c1-8-11-15(14-12-9-10-13-20-14)21(16(22)24-18(2,3)4)17(23)25-19(5,6)7/h8-10,12-13,15H,1,11H2,2-7H3/t15-/m1/s1. The first kappa shape index (κ1) is 20.7. The molecule has 0 bridgehead atoms. The fourth-order valence-corrected chi connectivity index (χ4v) is 2.04. The number of ether oxygens (including phenoxy) is 2. The maximum atomic E-state index is 12.7. The van der Waals surface area contributed by atoms with Crippen LogP contribution in [0.5, 0.6) is 0 Å². The van der Waals surface area contributed by atoms with Gasteiger partial charge in [-0.1, -0.05) is 12.1 Å². The third-order valence-corrected chi connectivity index (χ3v) is 2.91. The molecule has 6 heteroatoms. The summed E-state index contributed by atoms with van der Waals surface area (Å²) in [4.78, 5) is 30.7. The van der Waals surface area contributed by atoms with Crippen molar-refractivity contribution in [2.75, 3.05) is 0 Å². The Morgan fingerprint density at radius 3 is 2.00 bits per heavy atom. The summed E-state index contributed by atoms with van der Waals surface area (Å²) in [5.74, 6) is 0. The number of aromatic nitrogens is 1. The molecule has 138 valence electrons. The van der Waals surface area contributed by atoms with Crippen molar-refractivity contribution in [3.8, 4) is 0 Å². The summed E-state index contributed by atoms with van der Waals surface area (Å²) < 4.78 is 10.8. The molecule has 0 spiro atoms. The van der Waals surface area contributed by atoms with Crippen molar-refractivity contribution in [3.05, 3.63) is 42.7 Å². The zero-order valence-corrected chi connectivity index (χ0v) is 15.9. The Morgan fingerprint density at radius 1 is 1.12 bits per heavy atom. The first-order valence-corrected chi connectivity index (χ1v) is 8.21. The van der Waals surface area contributed by atoms with Gasteiger partial charge in [0.25, 0.3) is 0 Å². The van der Waals surface area contributed by atoms with E-state index in [2.05, 4.69) is 11.6 Å². The van der Waals surface area contributed by atoms with Gasteiger partial charge in [-0.3, -0.25) is 4.98 Å². The van der Waals surface area contributed by atoms with E-state index >= 15 is 0 Å². The van der Waals surface area contributed by atoms with Gasteiger partial charge >= 0.3 is 12.2 Å². The molecule has 0 aliphatic carbocycles. The van der Waals surface area contributed by atoms with Gasteiger partial charge in [-0.15, -0.1) is 6.58 Å². The zero-order valence-electron chi connectivity index (χ0n) is 15.9. The van der Waals surface area contributed by atoms with Crippen molar-refractivity contribution in [2.45, 2.75) is 65.2 Å². The van der Waals surface area contributed by atoms with E-state index in [1.807, 2.05) is 0 Å². The molecule has 6 nitrogen and oxygen atoms in total.